The number of pyridine rings is 2. The monoisotopic (exact) mass is 1080 g/mol. The number of hydrogen-bond acceptors (Lipinski definition) is 14. The lowest BCUT2D eigenvalue weighted by Crippen LogP contribution is -2.19. The molecule has 0 spiro atoms. The molecule has 18 heteroatoms. The first-order valence-electron chi connectivity index (χ1n) is 25.3. The van der Waals surface area contributed by atoms with Crippen molar-refractivity contribution in [3.05, 3.63) is 215 Å². The number of benzene rings is 6. The third kappa shape index (κ3) is 13.5. The molecular formula is C63H53N11O7. The summed E-state index contributed by atoms with van der Waals surface area (Å²) >= 11 is 0. The molecule has 0 atom stereocenters. The zero-order valence-corrected chi connectivity index (χ0v) is 44.7. The molecule has 0 fully saturated rings. The van der Waals surface area contributed by atoms with Crippen molar-refractivity contribution >= 4 is 69.1 Å². The number of likely N-dealkylation sites (N-methyl/N-ethyl adjacent to an activating group) is 1. The fourth-order valence-electron chi connectivity index (χ4n) is 8.42. The Morgan fingerprint density at radius 2 is 0.975 bits per heavy atom. The number of fused-ring (bicyclic) bond motifs is 2. The van der Waals surface area contributed by atoms with Gasteiger partial charge < -0.3 is 40.0 Å². The Balaban J connectivity index is 0.000000196. The number of amides is 1. The van der Waals surface area contributed by atoms with E-state index in [9.17, 15) is 20.0 Å². The van der Waals surface area contributed by atoms with Crippen LogP contribution in [0.3, 0.4) is 0 Å². The fourth-order valence-corrected chi connectivity index (χ4v) is 8.42. The molecule has 0 bridgehead atoms. The van der Waals surface area contributed by atoms with Crippen molar-refractivity contribution in [3.63, 3.8) is 0 Å². The van der Waals surface area contributed by atoms with Crippen molar-refractivity contribution < 1.29 is 33.6 Å². The summed E-state index contributed by atoms with van der Waals surface area (Å²) in [6.45, 7) is 4.97. The molecule has 402 valence electrons. The number of carbonyl (C=O) groups is 2. The first-order valence-corrected chi connectivity index (χ1v) is 25.3. The van der Waals surface area contributed by atoms with E-state index in [1.165, 1.54) is 19.2 Å². The number of aryl methyl sites for hydroxylation is 2. The zero-order valence-electron chi connectivity index (χ0n) is 44.7. The van der Waals surface area contributed by atoms with E-state index in [1.807, 2.05) is 158 Å². The van der Waals surface area contributed by atoms with Crippen LogP contribution in [0.1, 0.15) is 33.4 Å². The van der Waals surface area contributed by atoms with Crippen molar-refractivity contribution in [3.8, 4) is 46.6 Å². The second-order valence-electron chi connectivity index (χ2n) is 18.3. The van der Waals surface area contributed by atoms with Gasteiger partial charge in [-0.25, -0.2) is 24.1 Å². The lowest BCUT2D eigenvalue weighted by atomic mass is 10.1. The number of aromatic nitrogens is 6. The van der Waals surface area contributed by atoms with Crippen LogP contribution in [-0.4, -0.2) is 67.8 Å². The molecule has 0 radical (unpaired) electrons. The number of aliphatic carboxylic acids is 1. The maximum Gasteiger partial charge on any atom is 0.346 e. The van der Waals surface area contributed by atoms with Crippen LogP contribution in [-0.2, 0) is 22.7 Å². The minimum atomic E-state index is -1.28. The molecule has 4 heterocycles. The molecule has 0 aliphatic rings. The predicted octanol–water partition coefficient (Wildman–Crippen LogP) is 12.3. The Labute approximate surface area is 466 Å². The van der Waals surface area contributed by atoms with E-state index < -0.39 is 11.9 Å². The second kappa shape index (κ2) is 25.3. The lowest BCUT2D eigenvalue weighted by Gasteiger charge is -2.09. The minimum absolute atomic E-state index is 0.0110. The van der Waals surface area contributed by atoms with Gasteiger partial charge in [-0.3, -0.25) is 4.79 Å². The van der Waals surface area contributed by atoms with Gasteiger partial charge >= 0.3 is 5.97 Å². The number of anilines is 4. The topological polar surface area (TPSA) is 236 Å². The highest BCUT2D eigenvalue weighted by molar-refractivity contribution is 6.02. The van der Waals surface area contributed by atoms with E-state index in [0.29, 0.717) is 92.3 Å². The Kier molecular flexibility index (Phi) is 17.0. The largest absolute Gasteiger partial charge is 0.497 e. The predicted molar refractivity (Wildman–Crippen MR) is 310 cm³/mol. The van der Waals surface area contributed by atoms with E-state index in [2.05, 4.69) is 25.9 Å². The number of rotatable bonds is 18. The van der Waals surface area contributed by atoms with Gasteiger partial charge in [-0.05, 0) is 121 Å². The van der Waals surface area contributed by atoms with E-state index >= 15 is 0 Å². The molecule has 18 nitrogen and oxygen atoms in total. The van der Waals surface area contributed by atoms with Crippen LogP contribution in [0.5, 0.6) is 34.5 Å². The number of carbonyl (C=O) groups excluding carboxylic acids is 1. The Morgan fingerprint density at radius 1 is 0.568 bits per heavy atom. The summed E-state index contributed by atoms with van der Waals surface area (Å²) in [6.07, 6.45) is 6.25. The number of carboxylic acids is 1. The summed E-state index contributed by atoms with van der Waals surface area (Å²) in [6, 6.07) is 52.8. The van der Waals surface area contributed by atoms with Gasteiger partial charge in [-0.1, -0.05) is 83.9 Å². The maximum atomic E-state index is 12.0. The number of hydrogen-bond donors (Lipinski definition) is 4. The van der Waals surface area contributed by atoms with Gasteiger partial charge in [0.1, 0.15) is 68.6 Å². The SMILES string of the molecule is CNC(=O)/C(C#N)=C/c1cccc(Nc2nn(Cc3ccc(OC)cc3)c3nccc(Oc4ccc(C)cc4)c23)c1.COc1ccc(Cn2nc(Nc3cccc(/C=C(\C#N)C(=O)O)c3)c3c(Oc4ccc(C)cc4)ccnc32)cc1. The van der Waals surface area contributed by atoms with E-state index in [-0.39, 0.29) is 11.1 Å². The number of nitrogens with one attached hydrogen (secondary N) is 3. The summed E-state index contributed by atoms with van der Waals surface area (Å²) in [5.74, 6) is 3.43. The Morgan fingerprint density at radius 3 is 1.36 bits per heavy atom. The first kappa shape index (κ1) is 54.5. The van der Waals surface area contributed by atoms with Crippen LogP contribution in [0.25, 0.3) is 34.2 Å². The van der Waals surface area contributed by atoms with Gasteiger partial charge in [0.15, 0.2) is 22.9 Å². The molecule has 1 amide bonds. The highest BCUT2D eigenvalue weighted by Crippen LogP contribution is 2.38. The zero-order chi connectivity index (χ0) is 56.8. The van der Waals surface area contributed by atoms with Crippen LogP contribution in [0.4, 0.5) is 23.0 Å². The van der Waals surface area contributed by atoms with Gasteiger partial charge in [-0.2, -0.15) is 20.7 Å². The van der Waals surface area contributed by atoms with Gasteiger partial charge in [0.25, 0.3) is 5.91 Å². The van der Waals surface area contributed by atoms with Gasteiger partial charge in [0.2, 0.25) is 0 Å². The first-order chi connectivity index (χ1) is 39.4. The average molecular weight is 1080 g/mol. The normalized spacial score (nSPS) is 11.1. The van der Waals surface area contributed by atoms with Gasteiger partial charge in [0, 0.05) is 42.9 Å². The van der Waals surface area contributed by atoms with Crippen molar-refractivity contribution in [2.45, 2.75) is 26.9 Å². The molecule has 6 aromatic carbocycles. The second-order valence-corrected chi connectivity index (χ2v) is 18.3. The Hall–Kier alpha value is -11.2. The van der Waals surface area contributed by atoms with Crippen LogP contribution >= 0.6 is 0 Å². The molecule has 81 heavy (non-hydrogen) atoms. The van der Waals surface area contributed by atoms with E-state index in [0.717, 1.165) is 33.8 Å². The standard InChI is InChI=1S/C32H28N6O3.C31H25N5O4/c1-21-7-11-27(12-8-21)41-28-15-16-35-31-29(28)30(37-38(31)20-22-9-13-26(40-3)14-10-22)36-25-6-4-5-23(18-25)17-24(19-33)32(39)34-2;1-20-6-10-26(11-7-20)40-27-14-15-33-30-28(27)29(35-36(30)19-21-8-12-25(39-2)13-9-21)34-24-5-3-4-22(17-24)16-23(18-32)31(37)38/h4-18H,20H2,1-3H3,(H,34,39)(H,36,37);3-17H,19H2,1-2H3,(H,34,35)(H,37,38)/b24-17+;23-16+. The molecule has 0 saturated carbocycles. The summed E-state index contributed by atoms with van der Waals surface area (Å²) in [5, 5.41) is 48.1. The van der Waals surface area contributed by atoms with Crippen LogP contribution in [0, 0.1) is 36.5 Å². The van der Waals surface area contributed by atoms with Gasteiger partial charge in [-0.15, -0.1) is 0 Å². The third-order valence-electron chi connectivity index (χ3n) is 12.5. The van der Waals surface area contributed by atoms with E-state index in [1.54, 1.807) is 61.6 Å². The van der Waals surface area contributed by atoms with Crippen LogP contribution < -0.4 is 34.9 Å². The summed E-state index contributed by atoms with van der Waals surface area (Å²) in [5.41, 5.74) is 7.83. The molecule has 4 aromatic heterocycles. The quantitative estimate of drug-likeness (QED) is 0.0462. The van der Waals surface area contributed by atoms with Crippen LogP contribution in [0.15, 0.2) is 181 Å². The summed E-state index contributed by atoms with van der Waals surface area (Å²) < 4.78 is 26.8. The molecule has 10 aromatic rings. The summed E-state index contributed by atoms with van der Waals surface area (Å²) in [7, 11) is 4.75. The Bertz CT molecular complexity index is 4040. The number of carboxylic acid groups (broad SMARTS) is 1. The van der Waals surface area contributed by atoms with Crippen molar-refractivity contribution in [1.29, 1.82) is 10.5 Å². The molecule has 0 aliphatic heterocycles. The molecule has 0 saturated heterocycles. The lowest BCUT2D eigenvalue weighted by molar-refractivity contribution is -0.132. The average Bonchev–Trinajstić information content (AvgIpc) is 4.26. The number of ether oxygens (including phenoxy) is 4. The number of nitriles is 2. The molecule has 4 N–H and O–H groups in total. The minimum Gasteiger partial charge on any atom is -0.497 e. The number of methoxy groups -OCH3 is 2. The number of nitrogens with zero attached hydrogens (tertiary/aromatic N) is 8. The molecular weight excluding hydrogens is 1020 g/mol. The van der Waals surface area contributed by atoms with Gasteiger partial charge in [0.05, 0.1) is 27.3 Å². The molecule has 0 unspecified atom stereocenters. The van der Waals surface area contributed by atoms with Crippen molar-refractivity contribution in [2.75, 3.05) is 31.9 Å². The summed E-state index contributed by atoms with van der Waals surface area (Å²) in [4.78, 5) is 32.6. The highest BCUT2D eigenvalue weighted by Gasteiger charge is 2.21. The molecule has 0 aliphatic carbocycles. The molecule has 10 rings (SSSR count). The fraction of sp³-hybridized carbons (Fsp3) is 0.111. The van der Waals surface area contributed by atoms with Crippen LogP contribution in [0.2, 0.25) is 0 Å². The maximum absolute atomic E-state index is 12.0. The third-order valence-corrected chi connectivity index (χ3v) is 12.5. The van der Waals surface area contributed by atoms with Crippen molar-refractivity contribution in [1.82, 2.24) is 34.8 Å². The highest BCUT2D eigenvalue weighted by atomic mass is 16.5. The smallest absolute Gasteiger partial charge is 0.346 e. The van der Waals surface area contributed by atoms with E-state index in [4.69, 9.17) is 34.4 Å². The van der Waals surface area contributed by atoms with Crippen molar-refractivity contribution in [2.24, 2.45) is 0 Å².